The van der Waals surface area contributed by atoms with Crippen molar-refractivity contribution in [2.24, 2.45) is 0 Å². The van der Waals surface area contributed by atoms with Crippen molar-refractivity contribution in [2.45, 2.75) is 13.3 Å². The fourth-order valence-corrected chi connectivity index (χ4v) is 2.96. The topological polar surface area (TPSA) is 147 Å². The second kappa shape index (κ2) is 7.50. The summed E-state index contributed by atoms with van der Waals surface area (Å²) in [7, 11) is 0. The van der Waals surface area contributed by atoms with Crippen molar-refractivity contribution >= 4 is 35.1 Å². The first-order chi connectivity index (χ1) is 13.7. The zero-order chi connectivity index (χ0) is 21.3. The molecule has 10 heteroatoms. The minimum absolute atomic E-state index is 0.0566. The zero-order valence-electron chi connectivity index (χ0n) is 15.2. The van der Waals surface area contributed by atoms with Crippen LogP contribution in [-0.2, 0) is 4.79 Å². The van der Waals surface area contributed by atoms with E-state index in [1.165, 1.54) is 24.3 Å². The molecule has 3 rings (SSSR count). The fourth-order valence-electron chi connectivity index (χ4n) is 2.96. The number of nitro groups is 1. The number of benzene rings is 2. The third-order valence-corrected chi connectivity index (χ3v) is 4.48. The number of nitrogens with zero attached hydrogens (tertiary/aromatic N) is 2. The summed E-state index contributed by atoms with van der Waals surface area (Å²) in [4.78, 5) is 59.0. The van der Waals surface area contributed by atoms with Crippen LogP contribution in [0.1, 0.15) is 43.1 Å². The largest absolute Gasteiger partial charge is 0.478 e. The molecule has 1 aliphatic heterocycles. The Morgan fingerprint density at radius 3 is 2.41 bits per heavy atom. The highest BCUT2D eigenvalue weighted by atomic mass is 16.6. The fraction of sp³-hybridized carbons (Fsp3) is 0.158. The van der Waals surface area contributed by atoms with E-state index in [0.717, 1.165) is 17.0 Å². The second-order valence-electron chi connectivity index (χ2n) is 6.38. The number of amides is 3. The number of anilines is 1. The summed E-state index contributed by atoms with van der Waals surface area (Å²) in [6, 6.07) is 7.63. The third-order valence-electron chi connectivity index (χ3n) is 4.48. The van der Waals surface area contributed by atoms with Gasteiger partial charge in [0.15, 0.2) is 0 Å². The summed E-state index contributed by atoms with van der Waals surface area (Å²) in [6.45, 7) is 1.44. The first kappa shape index (κ1) is 19.7. The molecule has 0 aliphatic carbocycles. The summed E-state index contributed by atoms with van der Waals surface area (Å²) >= 11 is 0. The molecule has 1 aliphatic rings. The van der Waals surface area contributed by atoms with Gasteiger partial charge in [0.05, 0.1) is 21.6 Å². The number of imide groups is 1. The van der Waals surface area contributed by atoms with Crippen LogP contribution < -0.4 is 5.32 Å². The molecule has 2 N–H and O–H groups in total. The molecule has 0 spiro atoms. The number of nitrogens with one attached hydrogen (secondary N) is 1. The Bertz CT molecular complexity index is 1080. The number of carboxylic acid groups (broad SMARTS) is 1. The van der Waals surface area contributed by atoms with Crippen LogP contribution in [0.5, 0.6) is 0 Å². The number of hydrogen-bond acceptors (Lipinski definition) is 6. The molecule has 0 aromatic heterocycles. The van der Waals surface area contributed by atoms with Gasteiger partial charge in [-0.3, -0.25) is 29.4 Å². The first-order valence-corrected chi connectivity index (χ1v) is 8.47. The van der Waals surface area contributed by atoms with Gasteiger partial charge in [-0.25, -0.2) is 4.79 Å². The van der Waals surface area contributed by atoms with Gasteiger partial charge in [-0.05, 0) is 36.8 Å². The van der Waals surface area contributed by atoms with Gasteiger partial charge in [-0.2, -0.15) is 0 Å². The monoisotopic (exact) mass is 397 g/mol. The molecule has 0 fully saturated rings. The number of rotatable bonds is 6. The van der Waals surface area contributed by atoms with Crippen LogP contribution in [0.25, 0.3) is 0 Å². The summed E-state index contributed by atoms with van der Waals surface area (Å²) in [5.41, 5.74) is 0.737. The summed E-state index contributed by atoms with van der Waals surface area (Å²) in [5.74, 6) is -2.87. The lowest BCUT2D eigenvalue weighted by atomic mass is 10.1. The van der Waals surface area contributed by atoms with Crippen LogP contribution in [0, 0.1) is 17.0 Å². The highest BCUT2D eigenvalue weighted by molar-refractivity contribution is 6.21. The second-order valence-corrected chi connectivity index (χ2v) is 6.38. The number of aromatic carboxylic acids is 1. The van der Waals surface area contributed by atoms with Gasteiger partial charge in [0.2, 0.25) is 5.91 Å². The SMILES string of the molecule is Cc1cc(C(=O)O)ccc1NC(=O)CCN1C(=O)c2ccc([N+](=O)[O-])cc2C1=O. The van der Waals surface area contributed by atoms with Crippen LogP contribution in [-0.4, -0.2) is 45.2 Å². The highest BCUT2D eigenvalue weighted by Crippen LogP contribution is 2.27. The Kier molecular flexibility index (Phi) is 5.09. The maximum atomic E-state index is 12.4. The van der Waals surface area contributed by atoms with Gasteiger partial charge in [-0.15, -0.1) is 0 Å². The lowest BCUT2D eigenvalue weighted by Gasteiger charge is -2.14. The quantitative estimate of drug-likeness (QED) is 0.431. The molecule has 0 saturated heterocycles. The van der Waals surface area contributed by atoms with Gasteiger partial charge in [-0.1, -0.05) is 0 Å². The van der Waals surface area contributed by atoms with Crippen LogP contribution in [0.2, 0.25) is 0 Å². The predicted octanol–water partition coefficient (Wildman–Crippen LogP) is 2.23. The van der Waals surface area contributed by atoms with E-state index in [0.29, 0.717) is 11.3 Å². The number of carbonyl (C=O) groups is 4. The maximum absolute atomic E-state index is 12.4. The Morgan fingerprint density at radius 1 is 1.10 bits per heavy atom. The molecule has 10 nitrogen and oxygen atoms in total. The summed E-state index contributed by atoms with van der Waals surface area (Å²) < 4.78 is 0. The van der Waals surface area contributed by atoms with Crippen molar-refractivity contribution in [1.29, 1.82) is 0 Å². The number of non-ortho nitro benzene ring substituents is 1. The van der Waals surface area contributed by atoms with E-state index in [9.17, 15) is 29.3 Å². The van der Waals surface area contributed by atoms with E-state index in [4.69, 9.17) is 5.11 Å². The third kappa shape index (κ3) is 3.81. The number of fused-ring (bicyclic) bond motifs is 1. The minimum Gasteiger partial charge on any atom is -0.478 e. The molecule has 2 aromatic carbocycles. The number of aryl methyl sites for hydroxylation is 1. The van der Waals surface area contributed by atoms with Gasteiger partial charge < -0.3 is 10.4 Å². The number of carbonyl (C=O) groups excluding carboxylic acids is 3. The minimum atomic E-state index is -1.09. The smallest absolute Gasteiger partial charge is 0.335 e. The van der Waals surface area contributed by atoms with Crippen LogP contribution >= 0.6 is 0 Å². The standard InChI is InChI=1S/C19H15N3O7/c1-10-8-11(19(26)27)2-5-15(10)20-16(23)6-7-21-17(24)13-4-3-12(22(28)29)9-14(13)18(21)25/h2-5,8-9H,6-7H2,1H3,(H,20,23)(H,26,27). The average molecular weight is 397 g/mol. The van der Waals surface area contributed by atoms with Crippen molar-refractivity contribution in [3.8, 4) is 0 Å². The lowest BCUT2D eigenvalue weighted by molar-refractivity contribution is -0.384. The Balaban J connectivity index is 1.66. The van der Waals surface area contributed by atoms with Gasteiger partial charge in [0.25, 0.3) is 17.5 Å². The maximum Gasteiger partial charge on any atom is 0.335 e. The molecular weight excluding hydrogens is 382 g/mol. The number of carboxylic acids is 1. The first-order valence-electron chi connectivity index (χ1n) is 8.47. The van der Waals surface area contributed by atoms with Crippen LogP contribution in [0.4, 0.5) is 11.4 Å². The van der Waals surface area contributed by atoms with E-state index in [2.05, 4.69) is 5.32 Å². The van der Waals surface area contributed by atoms with Gasteiger partial charge >= 0.3 is 5.97 Å². The number of hydrogen-bond donors (Lipinski definition) is 2. The van der Waals surface area contributed by atoms with Crippen LogP contribution in [0.15, 0.2) is 36.4 Å². The van der Waals surface area contributed by atoms with Gasteiger partial charge in [0, 0.05) is 30.8 Å². The van der Waals surface area contributed by atoms with E-state index < -0.39 is 28.6 Å². The molecule has 0 radical (unpaired) electrons. The zero-order valence-corrected chi connectivity index (χ0v) is 15.2. The normalized spacial score (nSPS) is 12.7. The molecule has 0 bridgehead atoms. The molecular formula is C19H15N3O7. The van der Waals surface area contributed by atoms with Crippen molar-refractivity contribution in [3.63, 3.8) is 0 Å². The van der Waals surface area contributed by atoms with E-state index in [1.807, 2.05) is 0 Å². The van der Waals surface area contributed by atoms with Crippen molar-refractivity contribution in [1.82, 2.24) is 4.90 Å². The van der Waals surface area contributed by atoms with Gasteiger partial charge in [0.1, 0.15) is 0 Å². The summed E-state index contributed by atoms with van der Waals surface area (Å²) in [5, 5.41) is 22.4. The molecule has 0 unspecified atom stereocenters. The van der Waals surface area contributed by atoms with Crippen molar-refractivity contribution in [3.05, 3.63) is 68.8 Å². The molecule has 0 saturated carbocycles. The van der Waals surface area contributed by atoms with E-state index in [1.54, 1.807) is 6.92 Å². The van der Waals surface area contributed by atoms with Crippen molar-refractivity contribution < 1.29 is 29.2 Å². The predicted molar refractivity (Wildman–Crippen MR) is 99.8 cm³/mol. The molecule has 29 heavy (non-hydrogen) atoms. The number of nitro benzene ring substituents is 1. The van der Waals surface area contributed by atoms with E-state index >= 15 is 0 Å². The van der Waals surface area contributed by atoms with Crippen molar-refractivity contribution in [2.75, 3.05) is 11.9 Å². The highest BCUT2D eigenvalue weighted by Gasteiger charge is 2.36. The molecule has 2 aromatic rings. The molecule has 1 heterocycles. The lowest BCUT2D eigenvalue weighted by Crippen LogP contribution is -2.32. The average Bonchev–Trinajstić information content (AvgIpc) is 2.91. The Hall–Kier alpha value is -4.08. The molecule has 3 amide bonds. The van der Waals surface area contributed by atoms with Crippen LogP contribution in [0.3, 0.4) is 0 Å². The molecule has 148 valence electrons. The van der Waals surface area contributed by atoms with E-state index in [-0.39, 0.29) is 35.3 Å². The Labute approximate surface area is 163 Å². The molecule has 0 atom stereocenters. The summed E-state index contributed by atoms with van der Waals surface area (Å²) in [6.07, 6.45) is -0.187. The Morgan fingerprint density at radius 2 is 1.79 bits per heavy atom.